The quantitative estimate of drug-likeness (QED) is 0.745. The predicted octanol–water partition coefficient (Wildman–Crippen LogP) is -0.404. The highest BCUT2D eigenvalue weighted by molar-refractivity contribution is 7.95. The van der Waals surface area contributed by atoms with Crippen LogP contribution in [0.4, 0.5) is 0 Å². The van der Waals surface area contributed by atoms with Crippen molar-refractivity contribution in [3.63, 3.8) is 0 Å². The van der Waals surface area contributed by atoms with E-state index in [1.54, 1.807) is 6.92 Å². The SMILES string of the molecule is CCN(CC(C)(C)O)S(=O)(=O)C1CCS(=O)(=O)C1. The Bertz CT molecular complexity index is 489. The molecule has 6 nitrogen and oxygen atoms in total. The minimum atomic E-state index is -3.66. The average molecular weight is 299 g/mol. The Kier molecular flexibility index (Phi) is 4.47. The highest BCUT2D eigenvalue weighted by atomic mass is 32.2. The van der Waals surface area contributed by atoms with E-state index >= 15 is 0 Å². The molecule has 1 unspecified atom stereocenters. The number of hydrogen-bond donors (Lipinski definition) is 1. The molecule has 0 saturated carbocycles. The van der Waals surface area contributed by atoms with E-state index in [-0.39, 0.29) is 31.0 Å². The molecule has 8 heteroatoms. The first kappa shape index (κ1) is 15.9. The third-order valence-electron chi connectivity index (χ3n) is 2.89. The Morgan fingerprint density at radius 2 is 1.94 bits per heavy atom. The maximum absolute atomic E-state index is 12.3. The fraction of sp³-hybridized carbons (Fsp3) is 1.00. The van der Waals surface area contributed by atoms with Crippen molar-refractivity contribution < 1.29 is 21.9 Å². The van der Waals surface area contributed by atoms with Crippen molar-refractivity contribution >= 4 is 19.9 Å². The van der Waals surface area contributed by atoms with Crippen molar-refractivity contribution in [1.29, 1.82) is 0 Å². The lowest BCUT2D eigenvalue weighted by molar-refractivity contribution is 0.0599. The molecule has 0 radical (unpaired) electrons. The lowest BCUT2D eigenvalue weighted by Gasteiger charge is -2.29. The normalized spacial score (nSPS) is 24.6. The monoisotopic (exact) mass is 299 g/mol. The first-order chi connectivity index (χ1) is 7.98. The Hall–Kier alpha value is -0.180. The van der Waals surface area contributed by atoms with Gasteiger partial charge >= 0.3 is 0 Å². The highest BCUT2D eigenvalue weighted by Crippen LogP contribution is 2.23. The number of rotatable bonds is 5. The van der Waals surface area contributed by atoms with Gasteiger partial charge in [-0.25, -0.2) is 16.8 Å². The molecule has 0 aromatic carbocycles. The lowest BCUT2D eigenvalue weighted by atomic mass is 10.1. The average Bonchev–Trinajstić information content (AvgIpc) is 2.54. The van der Waals surface area contributed by atoms with Crippen LogP contribution in [0.3, 0.4) is 0 Å². The maximum atomic E-state index is 12.3. The van der Waals surface area contributed by atoms with Crippen LogP contribution in [0.1, 0.15) is 27.2 Å². The van der Waals surface area contributed by atoms with Gasteiger partial charge in [-0.1, -0.05) is 6.92 Å². The van der Waals surface area contributed by atoms with Crippen molar-refractivity contribution in [3.8, 4) is 0 Å². The molecule has 108 valence electrons. The minimum absolute atomic E-state index is 0.0254. The predicted molar refractivity (Wildman–Crippen MR) is 69.5 cm³/mol. The molecule has 1 aliphatic rings. The van der Waals surface area contributed by atoms with Gasteiger partial charge < -0.3 is 5.11 Å². The molecule has 1 aliphatic heterocycles. The van der Waals surface area contributed by atoms with Gasteiger partial charge in [-0.15, -0.1) is 0 Å². The van der Waals surface area contributed by atoms with Crippen LogP contribution in [0.25, 0.3) is 0 Å². The zero-order valence-corrected chi connectivity index (χ0v) is 12.6. The molecule has 1 N–H and O–H groups in total. The summed E-state index contributed by atoms with van der Waals surface area (Å²) in [5, 5.41) is 8.83. The first-order valence-corrected chi connectivity index (χ1v) is 9.22. The van der Waals surface area contributed by atoms with Crippen molar-refractivity contribution in [1.82, 2.24) is 4.31 Å². The van der Waals surface area contributed by atoms with E-state index in [0.717, 1.165) is 0 Å². The second kappa shape index (κ2) is 5.07. The molecule has 1 heterocycles. The van der Waals surface area contributed by atoms with E-state index in [0.29, 0.717) is 0 Å². The first-order valence-electron chi connectivity index (χ1n) is 5.90. The van der Waals surface area contributed by atoms with Crippen LogP contribution in [0, 0.1) is 0 Å². The van der Waals surface area contributed by atoms with Crippen molar-refractivity contribution in [2.45, 2.75) is 38.0 Å². The molecule has 1 saturated heterocycles. The fourth-order valence-electron chi connectivity index (χ4n) is 2.02. The number of likely N-dealkylation sites (N-methyl/N-ethyl adjacent to an activating group) is 1. The second-order valence-electron chi connectivity index (χ2n) is 5.31. The Morgan fingerprint density at radius 1 is 1.39 bits per heavy atom. The van der Waals surface area contributed by atoms with E-state index in [1.807, 2.05) is 0 Å². The van der Waals surface area contributed by atoms with Crippen molar-refractivity contribution in [2.24, 2.45) is 0 Å². The molecule has 0 bridgehead atoms. The summed E-state index contributed by atoms with van der Waals surface area (Å²) in [6.07, 6.45) is 0.146. The largest absolute Gasteiger partial charge is 0.389 e. The topological polar surface area (TPSA) is 91.8 Å². The third-order valence-corrected chi connectivity index (χ3v) is 7.22. The summed E-state index contributed by atoms with van der Waals surface area (Å²) < 4.78 is 48.4. The van der Waals surface area contributed by atoms with Gasteiger partial charge in [-0.2, -0.15) is 4.31 Å². The number of nitrogens with zero attached hydrogens (tertiary/aromatic N) is 1. The van der Waals surface area contributed by atoms with Crippen LogP contribution < -0.4 is 0 Å². The van der Waals surface area contributed by atoms with Crippen molar-refractivity contribution in [2.75, 3.05) is 24.6 Å². The van der Waals surface area contributed by atoms with Crippen LogP contribution >= 0.6 is 0 Å². The van der Waals surface area contributed by atoms with E-state index in [4.69, 9.17) is 0 Å². The van der Waals surface area contributed by atoms with Gasteiger partial charge in [-0.3, -0.25) is 0 Å². The van der Waals surface area contributed by atoms with Gasteiger partial charge in [0.05, 0.1) is 22.4 Å². The van der Waals surface area contributed by atoms with Gasteiger partial charge in [0, 0.05) is 13.1 Å². The zero-order valence-electron chi connectivity index (χ0n) is 11.0. The van der Waals surface area contributed by atoms with Gasteiger partial charge in [-0.05, 0) is 20.3 Å². The zero-order chi connectivity index (χ0) is 14.2. The van der Waals surface area contributed by atoms with Gasteiger partial charge in [0.1, 0.15) is 0 Å². The van der Waals surface area contributed by atoms with Crippen LogP contribution in [0.2, 0.25) is 0 Å². The van der Waals surface area contributed by atoms with E-state index in [1.165, 1.54) is 18.2 Å². The van der Waals surface area contributed by atoms with Crippen molar-refractivity contribution in [3.05, 3.63) is 0 Å². The molecule has 18 heavy (non-hydrogen) atoms. The summed E-state index contributed by atoms with van der Waals surface area (Å²) in [4.78, 5) is 0. The summed E-state index contributed by atoms with van der Waals surface area (Å²) in [7, 11) is -6.89. The minimum Gasteiger partial charge on any atom is -0.389 e. The van der Waals surface area contributed by atoms with E-state index < -0.39 is 30.7 Å². The van der Waals surface area contributed by atoms with Crippen LogP contribution in [-0.4, -0.2) is 61.7 Å². The van der Waals surface area contributed by atoms with Gasteiger partial charge in [0.15, 0.2) is 9.84 Å². The second-order valence-corrected chi connectivity index (χ2v) is 9.75. The smallest absolute Gasteiger partial charge is 0.218 e. The molecular formula is C10H21NO5S2. The molecule has 1 fully saturated rings. The Balaban J connectivity index is 2.91. The van der Waals surface area contributed by atoms with Crippen LogP contribution in [-0.2, 0) is 19.9 Å². The molecule has 0 aromatic heterocycles. The molecule has 0 aromatic rings. The fourth-order valence-corrected chi connectivity index (χ4v) is 6.72. The molecule has 0 aliphatic carbocycles. The Morgan fingerprint density at radius 3 is 2.28 bits per heavy atom. The molecule has 1 atom stereocenters. The summed E-state index contributed by atoms with van der Waals surface area (Å²) in [6, 6.07) is 0. The summed E-state index contributed by atoms with van der Waals surface area (Å²) in [5.74, 6) is -0.380. The number of sulfone groups is 1. The highest BCUT2D eigenvalue weighted by Gasteiger charge is 2.41. The standard InChI is InChI=1S/C10H21NO5S2/c1-4-11(8-10(2,3)12)18(15,16)9-5-6-17(13,14)7-9/h9,12H,4-8H2,1-3H3. The van der Waals surface area contributed by atoms with Gasteiger partial charge in [0.2, 0.25) is 10.0 Å². The molecule has 0 spiro atoms. The van der Waals surface area contributed by atoms with Crippen LogP contribution in [0.5, 0.6) is 0 Å². The van der Waals surface area contributed by atoms with Crippen LogP contribution in [0.15, 0.2) is 0 Å². The lowest BCUT2D eigenvalue weighted by Crippen LogP contribution is -2.46. The summed E-state index contributed by atoms with van der Waals surface area (Å²) >= 11 is 0. The molecule has 1 rings (SSSR count). The number of sulfonamides is 1. The van der Waals surface area contributed by atoms with E-state index in [9.17, 15) is 21.9 Å². The molecule has 0 amide bonds. The number of hydrogen-bond acceptors (Lipinski definition) is 5. The summed E-state index contributed by atoms with van der Waals surface area (Å²) in [5.41, 5.74) is -1.14. The van der Waals surface area contributed by atoms with E-state index in [2.05, 4.69) is 0 Å². The Labute approximate surface area is 109 Å². The molecular weight excluding hydrogens is 278 g/mol. The third kappa shape index (κ3) is 3.91. The maximum Gasteiger partial charge on any atom is 0.218 e. The summed E-state index contributed by atoms with van der Waals surface area (Å²) in [6.45, 7) is 4.92. The number of aliphatic hydroxyl groups is 1. The van der Waals surface area contributed by atoms with Gasteiger partial charge in [0.25, 0.3) is 0 Å².